The molecule has 2 saturated carbocycles. The molecule has 0 spiro atoms. The van der Waals surface area contributed by atoms with E-state index < -0.39 is 0 Å². The van der Waals surface area contributed by atoms with E-state index in [0.29, 0.717) is 29.7 Å². The number of benzene rings is 1. The molecule has 4 atom stereocenters. The predicted molar refractivity (Wildman–Crippen MR) is 115 cm³/mol. The second-order valence-corrected chi connectivity index (χ2v) is 9.24. The summed E-state index contributed by atoms with van der Waals surface area (Å²) in [5.41, 5.74) is 0.528. The van der Waals surface area contributed by atoms with E-state index in [1.165, 1.54) is 30.6 Å². The van der Waals surface area contributed by atoms with Gasteiger partial charge >= 0.3 is 5.97 Å². The number of hydrogen-bond acceptors (Lipinski definition) is 4. The molecule has 162 valence electrons. The number of amides is 2. The highest BCUT2D eigenvalue weighted by atomic mass is 16.5. The molecule has 0 N–H and O–H groups in total. The fraction of sp³-hybridized carbons (Fsp3) is 0.640. The first kappa shape index (κ1) is 21.1. The smallest absolute Gasteiger partial charge is 0.311 e. The summed E-state index contributed by atoms with van der Waals surface area (Å²) in [4.78, 5) is 39.5. The lowest BCUT2D eigenvalue weighted by molar-refractivity contribution is -0.134. The molecule has 2 aliphatic carbocycles. The minimum Gasteiger partial charge on any atom is -0.426 e. The summed E-state index contributed by atoms with van der Waals surface area (Å²) in [5.74, 6) is 0.469. The maximum Gasteiger partial charge on any atom is 0.311 e. The Morgan fingerprint density at radius 3 is 2.27 bits per heavy atom. The van der Waals surface area contributed by atoms with E-state index in [4.69, 9.17) is 4.74 Å². The van der Waals surface area contributed by atoms with Gasteiger partial charge in [-0.2, -0.15) is 0 Å². The number of hydrogen-bond donors (Lipinski definition) is 0. The molecule has 1 aromatic carbocycles. The molecule has 1 aromatic rings. The van der Waals surface area contributed by atoms with Gasteiger partial charge in [0.15, 0.2) is 0 Å². The molecule has 0 radical (unpaired) electrons. The molecule has 1 saturated heterocycles. The van der Waals surface area contributed by atoms with E-state index in [1.54, 1.807) is 24.3 Å². The van der Waals surface area contributed by atoms with Crippen molar-refractivity contribution in [2.45, 2.75) is 77.6 Å². The Kier molecular flexibility index (Phi) is 6.55. The number of anilines is 1. The quantitative estimate of drug-likeness (QED) is 0.228. The monoisotopic (exact) mass is 411 g/mol. The van der Waals surface area contributed by atoms with Gasteiger partial charge < -0.3 is 4.74 Å². The average molecular weight is 412 g/mol. The van der Waals surface area contributed by atoms with E-state index in [2.05, 4.69) is 6.92 Å². The van der Waals surface area contributed by atoms with Gasteiger partial charge in [0.1, 0.15) is 5.75 Å². The molecule has 4 unspecified atom stereocenters. The fourth-order valence-electron chi connectivity index (χ4n) is 5.76. The van der Waals surface area contributed by atoms with Crippen LogP contribution in [0.1, 0.15) is 77.6 Å². The van der Waals surface area contributed by atoms with Crippen molar-refractivity contribution in [2.24, 2.45) is 23.7 Å². The summed E-state index contributed by atoms with van der Waals surface area (Å²) in [6, 6.07) is 6.87. The standard InChI is InChI=1S/C25H33NO4/c1-2-3-4-5-6-7-8-12-21(27)30-20-11-9-10-19(16-20)26-24(28)22-17-13-14-18(15-17)23(22)25(26)29/h9-11,16-18,22-23H,2-8,12-15H2,1H3. The Balaban J connectivity index is 1.31. The molecular weight excluding hydrogens is 378 g/mol. The summed E-state index contributed by atoms with van der Waals surface area (Å²) in [6.07, 6.45) is 11.6. The van der Waals surface area contributed by atoms with Crippen LogP contribution in [0, 0.1) is 23.7 Å². The van der Waals surface area contributed by atoms with Gasteiger partial charge in [-0.05, 0) is 49.7 Å². The van der Waals surface area contributed by atoms with Crippen molar-refractivity contribution in [1.29, 1.82) is 0 Å². The number of carbonyl (C=O) groups is 3. The highest BCUT2D eigenvalue weighted by Gasteiger charge is 2.61. The first-order chi connectivity index (χ1) is 14.6. The SMILES string of the molecule is CCCCCCCCCC(=O)Oc1cccc(N2C(=O)C3C4CCC(C4)C3C2=O)c1. The van der Waals surface area contributed by atoms with Gasteiger partial charge in [0.05, 0.1) is 17.5 Å². The highest BCUT2D eigenvalue weighted by molar-refractivity contribution is 6.22. The summed E-state index contributed by atoms with van der Waals surface area (Å²) < 4.78 is 5.49. The Morgan fingerprint density at radius 1 is 0.967 bits per heavy atom. The van der Waals surface area contributed by atoms with Crippen LogP contribution in [0.2, 0.25) is 0 Å². The Morgan fingerprint density at radius 2 is 1.60 bits per heavy atom. The molecule has 0 aromatic heterocycles. The Bertz CT molecular complexity index is 776. The Hall–Kier alpha value is -2.17. The van der Waals surface area contributed by atoms with Crippen LogP contribution in [0.4, 0.5) is 5.69 Å². The number of rotatable bonds is 10. The van der Waals surface area contributed by atoms with E-state index in [0.717, 1.165) is 38.5 Å². The lowest BCUT2D eigenvalue weighted by Crippen LogP contribution is -2.32. The van der Waals surface area contributed by atoms with Crippen LogP contribution in [0.5, 0.6) is 5.75 Å². The van der Waals surface area contributed by atoms with Crippen molar-refractivity contribution >= 4 is 23.5 Å². The van der Waals surface area contributed by atoms with Crippen LogP contribution in [-0.4, -0.2) is 17.8 Å². The molecule has 3 aliphatic rings. The van der Waals surface area contributed by atoms with E-state index in [-0.39, 0.29) is 29.6 Å². The van der Waals surface area contributed by atoms with E-state index in [9.17, 15) is 14.4 Å². The summed E-state index contributed by atoms with van der Waals surface area (Å²) in [5, 5.41) is 0. The highest BCUT2D eigenvalue weighted by Crippen LogP contribution is 2.56. The van der Waals surface area contributed by atoms with Gasteiger partial charge in [0.2, 0.25) is 11.8 Å². The van der Waals surface area contributed by atoms with Crippen LogP contribution < -0.4 is 9.64 Å². The topological polar surface area (TPSA) is 63.7 Å². The number of fused-ring (bicyclic) bond motifs is 5. The maximum atomic E-state index is 13.0. The molecule has 5 heteroatoms. The number of ether oxygens (including phenoxy) is 1. The second-order valence-electron chi connectivity index (χ2n) is 9.24. The van der Waals surface area contributed by atoms with Crippen molar-refractivity contribution in [1.82, 2.24) is 0 Å². The third-order valence-electron chi connectivity index (χ3n) is 7.22. The van der Waals surface area contributed by atoms with Gasteiger partial charge in [-0.1, -0.05) is 51.5 Å². The van der Waals surface area contributed by atoms with Crippen LogP contribution >= 0.6 is 0 Å². The number of unbranched alkanes of at least 4 members (excludes halogenated alkanes) is 6. The minimum atomic E-state index is -0.255. The third-order valence-corrected chi connectivity index (χ3v) is 7.22. The molecule has 30 heavy (non-hydrogen) atoms. The molecule has 3 fully saturated rings. The third kappa shape index (κ3) is 4.17. The lowest BCUT2D eigenvalue weighted by Gasteiger charge is -2.19. The first-order valence-electron chi connectivity index (χ1n) is 11.8. The number of carbonyl (C=O) groups excluding carboxylic acids is 3. The van der Waals surface area contributed by atoms with Crippen LogP contribution in [0.25, 0.3) is 0 Å². The molecular formula is C25H33NO4. The molecule has 1 heterocycles. The number of imide groups is 1. The predicted octanol–water partition coefficient (Wildman–Crippen LogP) is 5.27. The molecule has 1 aliphatic heterocycles. The fourth-order valence-corrected chi connectivity index (χ4v) is 5.76. The van der Waals surface area contributed by atoms with Crippen molar-refractivity contribution in [3.63, 3.8) is 0 Å². The van der Waals surface area contributed by atoms with Crippen molar-refractivity contribution in [3.05, 3.63) is 24.3 Å². The zero-order chi connectivity index (χ0) is 21.1. The lowest BCUT2D eigenvalue weighted by atomic mass is 9.81. The van der Waals surface area contributed by atoms with Gasteiger partial charge in [-0.25, -0.2) is 4.90 Å². The van der Waals surface area contributed by atoms with Crippen LogP contribution in [0.3, 0.4) is 0 Å². The minimum absolute atomic E-state index is 0.0660. The molecule has 2 bridgehead atoms. The Labute approximate surface area is 179 Å². The second kappa shape index (κ2) is 9.32. The van der Waals surface area contributed by atoms with E-state index >= 15 is 0 Å². The van der Waals surface area contributed by atoms with Crippen LogP contribution in [-0.2, 0) is 14.4 Å². The number of esters is 1. The van der Waals surface area contributed by atoms with Crippen molar-refractivity contribution in [2.75, 3.05) is 4.90 Å². The average Bonchev–Trinajstić information content (AvgIpc) is 3.41. The van der Waals surface area contributed by atoms with Crippen molar-refractivity contribution < 1.29 is 19.1 Å². The van der Waals surface area contributed by atoms with Gasteiger partial charge in [0.25, 0.3) is 0 Å². The molecule has 5 nitrogen and oxygen atoms in total. The summed E-state index contributed by atoms with van der Waals surface area (Å²) in [6.45, 7) is 2.20. The first-order valence-corrected chi connectivity index (χ1v) is 11.8. The van der Waals surface area contributed by atoms with E-state index in [1.807, 2.05) is 0 Å². The largest absolute Gasteiger partial charge is 0.426 e. The van der Waals surface area contributed by atoms with Crippen molar-refractivity contribution in [3.8, 4) is 5.75 Å². The summed E-state index contributed by atoms with van der Waals surface area (Å²) in [7, 11) is 0. The molecule has 4 rings (SSSR count). The van der Waals surface area contributed by atoms with Gasteiger partial charge in [-0.3, -0.25) is 14.4 Å². The number of nitrogens with zero attached hydrogens (tertiary/aromatic N) is 1. The summed E-state index contributed by atoms with van der Waals surface area (Å²) >= 11 is 0. The normalized spacial score (nSPS) is 27.0. The van der Waals surface area contributed by atoms with Gasteiger partial charge in [-0.15, -0.1) is 0 Å². The zero-order valence-electron chi connectivity index (χ0n) is 18.0. The van der Waals surface area contributed by atoms with Gasteiger partial charge in [0, 0.05) is 12.5 Å². The zero-order valence-corrected chi connectivity index (χ0v) is 18.0. The van der Waals surface area contributed by atoms with Crippen LogP contribution in [0.15, 0.2) is 24.3 Å². The molecule has 2 amide bonds. The maximum absolute atomic E-state index is 13.0.